The first-order chi connectivity index (χ1) is 11.1. The predicted molar refractivity (Wildman–Crippen MR) is 96.8 cm³/mol. The average Bonchev–Trinajstić information content (AvgIpc) is 2.55. The average molecular weight is 339 g/mol. The molecule has 0 saturated carbocycles. The first-order valence-corrected chi connectivity index (χ1v) is 10.6. The molecule has 0 bridgehead atoms. The maximum Gasteiger partial charge on any atom is 0.208 e. The van der Waals surface area contributed by atoms with Gasteiger partial charge in [0.2, 0.25) is 7.37 Å². The zero-order valence-corrected chi connectivity index (χ0v) is 15.0. The van der Waals surface area contributed by atoms with E-state index in [1.807, 2.05) is 30.3 Å². The van der Waals surface area contributed by atoms with Crippen molar-refractivity contribution in [3.8, 4) is 0 Å². The maximum atomic E-state index is 12.8. The summed E-state index contributed by atoms with van der Waals surface area (Å²) >= 11 is 0. The molecule has 4 nitrogen and oxygen atoms in total. The Balaban J connectivity index is 2.53. The summed E-state index contributed by atoms with van der Waals surface area (Å²) in [6.45, 7) is 2.20. The Hall–Kier alpha value is -1.12. The van der Waals surface area contributed by atoms with E-state index in [1.165, 1.54) is 31.9 Å². The number of hydrogen-bond acceptors (Lipinski definition) is 3. The van der Waals surface area contributed by atoms with Crippen LogP contribution in [-0.2, 0) is 4.57 Å². The van der Waals surface area contributed by atoms with E-state index in [-0.39, 0.29) is 6.42 Å². The van der Waals surface area contributed by atoms with Gasteiger partial charge in [-0.15, -0.1) is 5.16 Å². The van der Waals surface area contributed by atoms with Crippen LogP contribution in [0.25, 0.3) is 0 Å². The second-order valence-electron chi connectivity index (χ2n) is 6.06. The Kier molecular flexibility index (Phi) is 9.89. The quantitative estimate of drug-likeness (QED) is 0.171. The van der Waals surface area contributed by atoms with Gasteiger partial charge in [0.1, 0.15) is 0 Å². The molecule has 1 aromatic carbocycles. The molecule has 1 aromatic rings. The van der Waals surface area contributed by atoms with Crippen LogP contribution in [0.15, 0.2) is 35.5 Å². The summed E-state index contributed by atoms with van der Waals surface area (Å²) in [5.74, 6) is 0. The Morgan fingerprint density at radius 2 is 1.70 bits per heavy atom. The van der Waals surface area contributed by atoms with E-state index in [0.29, 0.717) is 6.16 Å². The van der Waals surface area contributed by atoms with Crippen molar-refractivity contribution in [2.75, 3.05) is 6.16 Å². The summed E-state index contributed by atoms with van der Waals surface area (Å²) < 4.78 is 12.8. The third-order valence-corrected chi connectivity index (χ3v) is 6.60. The fourth-order valence-corrected chi connectivity index (χ4v) is 4.86. The molecule has 0 radical (unpaired) electrons. The van der Waals surface area contributed by atoms with Gasteiger partial charge in [-0.3, -0.25) is 4.57 Å². The Bertz CT molecular complexity index is 490. The SMILES string of the molecule is CCCCCCCCCP(=O)(O)C(CC=NO)c1ccccc1. The minimum Gasteiger partial charge on any atom is -0.411 e. The van der Waals surface area contributed by atoms with Crippen LogP contribution in [-0.4, -0.2) is 22.5 Å². The van der Waals surface area contributed by atoms with Crippen molar-refractivity contribution in [1.82, 2.24) is 0 Å². The smallest absolute Gasteiger partial charge is 0.208 e. The molecule has 0 spiro atoms. The lowest BCUT2D eigenvalue weighted by Crippen LogP contribution is -2.04. The van der Waals surface area contributed by atoms with Gasteiger partial charge >= 0.3 is 0 Å². The molecular formula is C18H30NO3P. The van der Waals surface area contributed by atoms with Crippen molar-refractivity contribution in [1.29, 1.82) is 0 Å². The minimum absolute atomic E-state index is 0.283. The Morgan fingerprint density at radius 1 is 1.09 bits per heavy atom. The number of benzene rings is 1. The summed E-state index contributed by atoms with van der Waals surface area (Å²) in [5.41, 5.74) is 0.348. The summed E-state index contributed by atoms with van der Waals surface area (Å²) in [6, 6.07) is 9.35. The monoisotopic (exact) mass is 339 g/mol. The third-order valence-electron chi connectivity index (χ3n) is 4.16. The fourth-order valence-electron chi connectivity index (χ4n) is 2.81. The molecule has 5 heteroatoms. The fraction of sp³-hybridized carbons (Fsp3) is 0.611. The molecule has 1 rings (SSSR count). The highest BCUT2D eigenvalue weighted by molar-refractivity contribution is 7.58. The summed E-state index contributed by atoms with van der Waals surface area (Å²) in [7, 11) is -3.32. The standard InChI is InChI=1S/C18H30NO3P/c1-2-3-4-5-6-7-11-16-23(21,22)18(14-15-19-20)17-12-9-8-10-13-17/h8-10,12-13,15,18,20H,2-7,11,14,16H2,1H3,(H,21,22). The Labute approximate surface area is 140 Å². The van der Waals surface area contributed by atoms with Crippen LogP contribution in [0.4, 0.5) is 0 Å². The zero-order valence-electron chi connectivity index (χ0n) is 14.1. The van der Waals surface area contributed by atoms with Gasteiger partial charge in [0.05, 0.1) is 5.66 Å². The second-order valence-corrected chi connectivity index (χ2v) is 8.64. The van der Waals surface area contributed by atoms with Crippen molar-refractivity contribution in [2.45, 2.75) is 63.9 Å². The number of oxime groups is 1. The highest BCUT2D eigenvalue weighted by Gasteiger charge is 2.30. The molecule has 0 saturated heterocycles. The molecular weight excluding hydrogens is 309 g/mol. The lowest BCUT2D eigenvalue weighted by atomic mass is 10.1. The van der Waals surface area contributed by atoms with E-state index in [9.17, 15) is 9.46 Å². The van der Waals surface area contributed by atoms with Gasteiger partial charge < -0.3 is 10.1 Å². The second kappa shape index (κ2) is 11.4. The third kappa shape index (κ3) is 7.81. The largest absolute Gasteiger partial charge is 0.411 e. The van der Waals surface area contributed by atoms with Gasteiger partial charge in [-0.05, 0) is 12.0 Å². The molecule has 0 amide bonds. The highest BCUT2D eigenvalue weighted by Crippen LogP contribution is 2.57. The highest BCUT2D eigenvalue weighted by atomic mass is 31.2. The number of hydrogen-bond donors (Lipinski definition) is 2. The van der Waals surface area contributed by atoms with Crippen molar-refractivity contribution in [2.24, 2.45) is 5.16 Å². The molecule has 0 aliphatic carbocycles. The summed E-state index contributed by atoms with van der Waals surface area (Å²) in [5, 5.41) is 11.6. The lowest BCUT2D eigenvalue weighted by Gasteiger charge is -2.22. The molecule has 0 heterocycles. The molecule has 2 unspecified atom stereocenters. The van der Waals surface area contributed by atoms with Crippen LogP contribution < -0.4 is 0 Å². The first-order valence-electron chi connectivity index (χ1n) is 8.64. The summed E-state index contributed by atoms with van der Waals surface area (Å²) in [6.07, 6.45) is 9.81. The number of nitrogens with zero attached hydrogens (tertiary/aromatic N) is 1. The van der Waals surface area contributed by atoms with E-state index in [2.05, 4.69) is 12.1 Å². The van der Waals surface area contributed by atoms with Crippen LogP contribution in [0.1, 0.15) is 69.5 Å². The summed E-state index contributed by atoms with van der Waals surface area (Å²) in [4.78, 5) is 10.5. The van der Waals surface area contributed by atoms with E-state index >= 15 is 0 Å². The van der Waals surface area contributed by atoms with E-state index in [0.717, 1.165) is 24.8 Å². The van der Waals surface area contributed by atoms with Crippen LogP contribution >= 0.6 is 7.37 Å². The number of unbranched alkanes of at least 4 members (excludes halogenated alkanes) is 6. The molecule has 23 heavy (non-hydrogen) atoms. The molecule has 0 aliphatic rings. The normalized spacial score (nSPS) is 15.6. The predicted octanol–water partition coefficient (Wildman–Crippen LogP) is 5.60. The van der Waals surface area contributed by atoms with Crippen LogP contribution in [0.3, 0.4) is 0 Å². The molecule has 2 N–H and O–H groups in total. The van der Waals surface area contributed by atoms with E-state index in [1.54, 1.807) is 0 Å². The molecule has 0 fully saturated rings. The van der Waals surface area contributed by atoms with Gasteiger partial charge in [-0.2, -0.15) is 0 Å². The molecule has 130 valence electrons. The van der Waals surface area contributed by atoms with Crippen molar-refractivity contribution >= 4 is 13.6 Å². The van der Waals surface area contributed by atoms with Gasteiger partial charge in [0.15, 0.2) is 0 Å². The number of rotatable bonds is 12. The topological polar surface area (TPSA) is 69.9 Å². The van der Waals surface area contributed by atoms with Crippen LogP contribution in [0, 0.1) is 0 Å². The Morgan fingerprint density at radius 3 is 2.30 bits per heavy atom. The van der Waals surface area contributed by atoms with Crippen LogP contribution in [0.2, 0.25) is 0 Å². The van der Waals surface area contributed by atoms with Gasteiger partial charge in [-0.25, -0.2) is 0 Å². The van der Waals surface area contributed by atoms with Crippen LogP contribution in [0.5, 0.6) is 0 Å². The molecule has 0 aromatic heterocycles. The van der Waals surface area contributed by atoms with E-state index < -0.39 is 13.0 Å². The minimum atomic E-state index is -3.32. The molecule has 0 aliphatic heterocycles. The van der Waals surface area contributed by atoms with Crippen molar-refractivity contribution in [3.63, 3.8) is 0 Å². The van der Waals surface area contributed by atoms with Gasteiger partial charge in [0.25, 0.3) is 0 Å². The van der Waals surface area contributed by atoms with Gasteiger partial charge in [-0.1, -0.05) is 75.8 Å². The van der Waals surface area contributed by atoms with E-state index in [4.69, 9.17) is 5.21 Å². The van der Waals surface area contributed by atoms with Crippen molar-refractivity contribution in [3.05, 3.63) is 35.9 Å². The van der Waals surface area contributed by atoms with Gasteiger partial charge in [0, 0.05) is 18.8 Å². The maximum absolute atomic E-state index is 12.8. The zero-order chi connectivity index (χ0) is 17.0. The first kappa shape index (κ1) is 19.9. The molecule has 2 atom stereocenters. The lowest BCUT2D eigenvalue weighted by molar-refractivity contribution is 0.320. The van der Waals surface area contributed by atoms with Crippen molar-refractivity contribution < 1.29 is 14.7 Å².